The van der Waals surface area contributed by atoms with E-state index in [9.17, 15) is 20.1 Å². The summed E-state index contributed by atoms with van der Waals surface area (Å²) in [6.07, 6.45) is -4.07. The molecule has 1 aliphatic heterocycles. The van der Waals surface area contributed by atoms with Crippen LogP contribution in [0.15, 0.2) is 26.5 Å². The van der Waals surface area contributed by atoms with Crippen LogP contribution in [0.3, 0.4) is 0 Å². The number of aliphatic hydroxyl groups excluding tert-OH is 2. The highest BCUT2D eigenvalue weighted by Gasteiger charge is 2.52. The summed E-state index contributed by atoms with van der Waals surface area (Å²) in [6.45, 7) is 8.87. The molecule has 1 aliphatic rings. The van der Waals surface area contributed by atoms with Gasteiger partial charge in [0.1, 0.15) is 47.6 Å². The molecule has 0 radical (unpaired) electrons. The first-order valence-electron chi connectivity index (χ1n) is 10.8. The largest absolute Gasteiger partial charge is 0.506 e. The van der Waals surface area contributed by atoms with Crippen molar-refractivity contribution in [3.8, 4) is 11.5 Å². The number of aliphatic hydroxyl groups is 2. The van der Waals surface area contributed by atoms with Gasteiger partial charge < -0.3 is 38.8 Å². The van der Waals surface area contributed by atoms with Crippen LogP contribution < -0.4 is 10.4 Å². The third-order valence-electron chi connectivity index (χ3n) is 6.06. The normalized spacial score (nSPS) is 28.2. The summed E-state index contributed by atoms with van der Waals surface area (Å²) in [5.74, 6) is -0.0363. The minimum Gasteiger partial charge on any atom is -0.506 e. The molecule has 0 amide bonds. The van der Waals surface area contributed by atoms with E-state index in [-0.39, 0.29) is 33.7 Å². The fraction of sp³-hybridized carbons (Fsp3) is 0.565. The molecule has 0 bridgehead atoms. The summed E-state index contributed by atoms with van der Waals surface area (Å²) in [5.41, 5.74) is -1.08. The van der Waals surface area contributed by atoms with E-state index in [2.05, 4.69) is 5.16 Å². The minimum atomic E-state index is -1.38. The second-order valence-corrected chi connectivity index (χ2v) is 8.18. The lowest BCUT2D eigenvalue weighted by atomic mass is 9.86. The number of fused-ring (bicyclic) bond motifs is 1. The van der Waals surface area contributed by atoms with E-state index in [1.807, 2.05) is 6.92 Å². The Bertz CT molecular complexity index is 1100. The summed E-state index contributed by atoms with van der Waals surface area (Å²) in [5, 5.41) is 35.9. The Balaban J connectivity index is 2.00. The van der Waals surface area contributed by atoms with Gasteiger partial charge in [-0.1, -0.05) is 12.1 Å². The highest BCUT2D eigenvalue weighted by molar-refractivity contribution is 6.04. The molecular weight excluding hydrogens is 434 g/mol. The van der Waals surface area contributed by atoms with Gasteiger partial charge in [-0.15, -0.1) is 0 Å². The van der Waals surface area contributed by atoms with Crippen molar-refractivity contribution in [2.24, 2.45) is 5.16 Å². The van der Waals surface area contributed by atoms with E-state index < -0.39 is 35.8 Å². The molecule has 0 unspecified atom stereocenters. The van der Waals surface area contributed by atoms with Crippen LogP contribution in [-0.2, 0) is 14.3 Å². The third kappa shape index (κ3) is 4.43. The third-order valence-corrected chi connectivity index (χ3v) is 6.06. The first kappa shape index (κ1) is 25.0. The van der Waals surface area contributed by atoms with Gasteiger partial charge in [0.25, 0.3) is 0 Å². The molecule has 1 aromatic heterocycles. The van der Waals surface area contributed by atoms with Crippen molar-refractivity contribution < 1.29 is 38.8 Å². The first-order chi connectivity index (χ1) is 15.6. The monoisotopic (exact) mass is 465 g/mol. The fourth-order valence-electron chi connectivity index (χ4n) is 4.02. The van der Waals surface area contributed by atoms with Gasteiger partial charge in [-0.05, 0) is 46.2 Å². The number of rotatable bonds is 7. The van der Waals surface area contributed by atoms with Gasteiger partial charge >= 0.3 is 5.63 Å². The second-order valence-electron chi connectivity index (χ2n) is 8.18. The van der Waals surface area contributed by atoms with Crippen molar-refractivity contribution in [1.82, 2.24) is 0 Å². The molecular formula is C23H31NO9. The predicted octanol–water partition coefficient (Wildman–Crippen LogP) is 2.21. The smallest absolute Gasteiger partial charge is 0.349 e. The minimum absolute atomic E-state index is 0.0949. The summed E-state index contributed by atoms with van der Waals surface area (Å²) in [4.78, 5) is 17.6. The van der Waals surface area contributed by atoms with Gasteiger partial charge in [0.2, 0.25) is 6.29 Å². The highest BCUT2D eigenvalue weighted by Crippen LogP contribution is 2.38. The molecule has 10 heteroatoms. The fourth-order valence-corrected chi connectivity index (χ4v) is 4.02. The number of hydrogen-bond donors (Lipinski definition) is 3. The van der Waals surface area contributed by atoms with Gasteiger partial charge in [0.15, 0.2) is 0 Å². The maximum absolute atomic E-state index is 12.6. The number of aryl methyl sites for hydroxylation is 1. The Labute approximate surface area is 191 Å². The van der Waals surface area contributed by atoms with Gasteiger partial charge in [0, 0.05) is 12.7 Å². The highest BCUT2D eigenvalue weighted by atomic mass is 16.7. The molecule has 3 rings (SSSR count). The van der Waals surface area contributed by atoms with Gasteiger partial charge in [-0.25, -0.2) is 4.79 Å². The Hall–Kier alpha value is -2.66. The van der Waals surface area contributed by atoms with Crippen LogP contribution in [0.25, 0.3) is 11.0 Å². The standard InChI is InChI=1S/C23H31NO9/c1-7-23(5)20(29-6)17(26)18(27)22(33-23)31-14-10-9-13-16(25)15(12(4)24-30-8-2)21(28)32-19(13)11(14)3/h9-10,17-18,20,22,25-27H,7-8H2,1-6H3/b24-12-/t17-,18+,20+,22+,23-/m0/s1. The summed E-state index contributed by atoms with van der Waals surface area (Å²) >= 11 is 0. The lowest BCUT2D eigenvalue weighted by molar-refractivity contribution is -0.311. The van der Waals surface area contributed by atoms with E-state index in [0.717, 1.165) is 0 Å². The van der Waals surface area contributed by atoms with Crippen molar-refractivity contribution in [2.75, 3.05) is 13.7 Å². The maximum Gasteiger partial charge on any atom is 0.349 e. The molecule has 0 aliphatic carbocycles. The van der Waals surface area contributed by atoms with E-state index >= 15 is 0 Å². The van der Waals surface area contributed by atoms with Crippen LogP contribution in [0.4, 0.5) is 0 Å². The molecule has 1 fully saturated rings. The maximum atomic E-state index is 12.6. The Morgan fingerprint density at radius 2 is 1.94 bits per heavy atom. The summed E-state index contributed by atoms with van der Waals surface area (Å²) in [6, 6.07) is 3.08. The van der Waals surface area contributed by atoms with E-state index in [4.69, 9.17) is 23.5 Å². The van der Waals surface area contributed by atoms with Gasteiger partial charge in [-0.2, -0.15) is 0 Å². The number of nitrogens with zero attached hydrogens (tertiary/aromatic N) is 1. The topological polar surface area (TPSA) is 140 Å². The molecule has 0 saturated carbocycles. The number of oxime groups is 1. The van der Waals surface area contributed by atoms with Crippen LogP contribution in [0.5, 0.6) is 11.5 Å². The number of benzene rings is 1. The molecule has 0 spiro atoms. The summed E-state index contributed by atoms with van der Waals surface area (Å²) in [7, 11) is 1.44. The molecule has 5 atom stereocenters. The van der Waals surface area contributed by atoms with Crippen molar-refractivity contribution in [2.45, 2.75) is 71.2 Å². The van der Waals surface area contributed by atoms with Gasteiger partial charge in [0.05, 0.1) is 16.7 Å². The zero-order valence-corrected chi connectivity index (χ0v) is 19.6. The molecule has 2 aromatic rings. The first-order valence-corrected chi connectivity index (χ1v) is 10.8. The second kappa shape index (κ2) is 9.68. The average Bonchev–Trinajstić information content (AvgIpc) is 2.78. The lowest BCUT2D eigenvalue weighted by Gasteiger charge is -2.47. The van der Waals surface area contributed by atoms with Gasteiger partial charge in [-0.3, -0.25) is 0 Å². The van der Waals surface area contributed by atoms with Crippen LogP contribution in [0, 0.1) is 6.92 Å². The predicted molar refractivity (Wildman–Crippen MR) is 120 cm³/mol. The molecule has 3 N–H and O–H groups in total. The molecule has 1 saturated heterocycles. The van der Waals surface area contributed by atoms with Crippen molar-refractivity contribution in [3.05, 3.63) is 33.7 Å². The molecule has 182 valence electrons. The Morgan fingerprint density at radius 1 is 1.24 bits per heavy atom. The van der Waals surface area contributed by atoms with Crippen molar-refractivity contribution in [1.29, 1.82) is 0 Å². The van der Waals surface area contributed by atoms with Crippen LogP contribution in [0.2, 0.25) is 0 Å². The van der Waals surface area contributed by atoms with Crippen LogP contribution in [0.1, 0.15) is 45.2 Å². The average molecular weight is 465 g/mol. The number of ether oxygens (including phenoxy) is 3. The number of hydrogen-bond acceptors (Lipinski definition) is 10. The quantitative estimate of drug-likeness (QED) is 0.319. The molecule has 2 heterocycles. The molecule has 1 aromatic carbocycles. The summed E-state index contributed by atoms with van der Waals surface area (Å²) < 4.78 is 22.7. The van der Waals surface area contributed by atoms with Crippen LogP contribution >= 0.6 is 0 Å². The SMILES string of the molecule is CCO/N=C(/C)c1c(O)c2ccc(O[C@@H]3O[C@@](C)(CC)[C@H](OC)[C@@H](O)[C@H]3O)c(C)c2oc1=O. The van der Waals surface area contributed by atoms with E-state index in [0.29, 0.717) is 18.6 Å². The molecule has 33 heavy (non-hydrogen) atoms. The van der Waals surface area contributed by atoms with Crippen molar-refractivity contribution >= 4 is 16.7 Å². The van der Waals surface area contributed by atoms with Crippen LogP contribution in [-0.4, -0.2) is 65.0 Å². The zero-order valence-electron chi connectivity index (χ0n) is 19.6. The zero-order chi connectivity index (χ0) is 24.5. The Kier molecular flexibility index (Phi) is 7.32. The Morgan fingerprint density at radius 3 is 2.55 bits per heavy atom. The number of methoxy groups -OCH3 is 1. The van der Waals surface area contributed by atoms with E-state index in [1.165, 1.54) is 20.1 Å². The lowest BCUT2D eigenvalue weighted by Crippen LogP contribution is -2.64. The molecule has 10 nitrogen and oxygen atoms in total. The van der Waals surface area contributed by atoms with E-state index in [1.54, 1.807) is 26.8 Å². The van der Waals surface area contributed by atoms with Crippen molar-refractivity contribution in [3.63, 3.8) is 0 Å². The number of aromatic hydroxyl groups is 1.